The zero-order valence-corrected chi connectivity index (χ0v) is 13.2. The lowest BCUT2D eigenvalue weighted by Crippen LogP contribution is -2.35. The van der Waals surface area contributed by atoms with E-state index in [-0.39, 0.29) is 43.1 Å². The minimum Gasteiger partial charge on any atom is -0.397 e. The second kappa shape index (κ2) is 9.99. The van der Waals surface area contributed by atoms with E-state index in [1.54, 1.807) is 12.1 Å². The number of halogens is 1. The smallest absolute Gasteiger partial charge is 0.226 e. The predicted octanol–water partition coefficient (Wildman–Crippen LogP) is 1.05. The Hall–Kier alpha value is -1.82. The normalized spacial score (nSPS) is 11.1. The number of nitrogens with one attached hydrogen (secondary N) is 2. The van der Waals surface area contributed by atoms with Gasteiger partial charge in [0.05, 0.1) is 18.3 Å². The van der Waals surface area contributed by atoms with Gasteiger partial charge in [0.15, 0.2) is 0 Å². The molecule has 0 saturated heterocycles. The van der Waals surface area contributed by atoms with E-state index in [1.807, 2.05) is 13.8 Å². The predicted molar refractivity (Wildman–Crippen MR) is 85.1 cm³/mol. The fourth-order valence-electron chi connectivity index (χ4n) is 1.53. The average Bonchev–Trinajstić information content (AvgIpc) is 2.41. The summed E-state index contributed by atoms with van der Waals surface area (Å²) in [5.41, 5.74) is 6.73. The van der Waals surface area contributed by atoms with Crippen LogP contribution in [-0.4, -0.2) is 29.4 Å². The minimum absolute atomic E-state index is 0. The van der Waals surface area contributed by atoms with Gasteiger partial charge < -0.3 is 16.4 Å². The highest BCUT2D eigenvalue weighted by atomic mass is 35.5. The van der Waals surface area contributed by atoms with E-state index in [0.29, 0.717) is 17.9 Å². The molecule has 0 aromatic carbocycles. The van der Waals surface area contributed by atoms with Crippen LogP contribution in [0.1, 0.15) is 32.4 Å². The summed E-state index contributed by atoms with van der Waals surface area (Å²) in [7, 11) is 0. The zero-order chi connectivity index (χ0) is 15.0. The average molecular weight is 315 g/mol. The highest BCUT2D eigenvalue weighted by Crippen LogP contribution is 2.01. The summed E-state index contributed by atoms with van der Waals surface area (Å²) >= 11 is 0. The van der Waals surface area contributed by atoms with Gasteiger partial charge in [-0.05, 0) is 25.5 Å². The Labute approximate surface area is 131 Å². The second-order valence-electron chi connectivity index (χ2n) is 4.74. The van der Waals surface area contributed by atoms with Crippen molar-refractivity contribution >= 4 is 29.9 Å². The number of nitrogen functional groups attached to an aromatic ring is 1. The van der Waals surface area contributed by atoms with Crippen molar-refractivity contribution in [3.8, 4) is 0 Å². The van der Waals surface area contributed by atoms with Crippen LogP contribution < -0.4 is 16.4 Å². The van der Waals surface area contributed by atoms with Crippen molar-refractivity contribution in [2.75, 3.05) is 12.3 Å². The van der Waals surface area contributed by atoms with E-state index in [9.17, 15) is 9.59 Å². The van der Waals surface area contributed by atoms with Crippen LogP contribution in [0.2, 0.25) is 0 Å². The number of aromatic nitrogens is 1. The molecule has 0 aliphatic heterocycles. The van der Waals surface area contributed by atoms with Crippen LogP contribution in [0, 0.1) is 0 Å². The largest absolute Gasteiger partial charge is 0.397 e. The molecular weight excluding hydrogens is 292 g/mol. The number of nitrogens with two attached hydrogens (primary N) is 1. The molecule has 1 rings (SSSR count). The maximum atomic E-state index is 11.6. The van der Waals surface area contributed by atoms with Gasteiger partial charge in [0.1, 0.15) is 0 Å². The molecule has 21 heavy (non-hydrogen) atoms. The first-order valence-electron chi connectivity index (χ1n) is 6.77. The summed E-state index contributed by atoms with van der Waals surface area (Å²) in [6.45, 7) is 4.28. The van der Waals surface area contributed by atoms with Crippen LogP contribution in [0.25, 0.3) is 0 Å². The van der Waals surface area contributed by atoms with Crippen molar-refractivity contribution in [1.82, 2.24) is 15.6 Å². The summed E-state index contributed by atoms with van der Waals surface area (Å²) < 4.78 is 0. The molecule has 0 radical (unpaired) electrons. The number of rotatable bonds is 7. The minimum atomic E-state index is -0.154. The third-order valence-corrected chi connectivity index (χ3v) is 2.88. The van der Waals surface area contributed by atoms with Crippen LogP contribution in [0.4, 0.5) is 5.69 Å². The Bertz CT molecular complexity index is 451. The summed E-state index contributed by atoms with van der Waals surface area (Å²) in [5, 5.41) is 5.54. The molecule has 0 aliphatic rings. The topological polar surface area (TPSA) is 97.1 Å². The molecule has 4 N–H and O–H groups in total. The maximum absolute atomic E-state index is 11.6. The van der Waals surface area contributed by atoms with Crippen molar-refractivity contribution in [3.63, 3.8) is 0 Å². The van der Waals surface area contributed by atoms with Gasteiger partial charge in [0, 0.05) is 24.7 Å². The Morgan fingerprint density at radius 2 is 2.05 bits per heavy atom. The summed E-state index contributed by atoms with van der Waals surface area (Å²) in [6, 6.07) is 3.58. The van der Waals surface area contributed by atoms with Crippen molar-refractivity contribution < 1.29 is 9.59 Å². The molecule has 0 bridgehead atoms. The van der Waals surface area contributed by atoms with Gasteiger partial charge in [-0.3, -0.25) is 14.6 Å². The zero-order valence-electron chi connectivity index (χ0n) is 12.4. The second-order valence-corrected chi connectivity index (χ2v) is 4.74. The molecule has 118 valence electrons. The Kier molecular flexibility index (Phi) is 9.12. The molecule has 0 fully saturated rings. The first kappa shape index (κ1) is 19.2. The molecule has 1 unspecified atom stereocenters. The van der Waals surface area contributed by atoms with Crippen LogP contribution in [0.15, 0.2) is 18.3 Å². The fraction of sp³-hybridized carbons (Fsp3) is 0.500. The monoisotopic (exact) mass is 314 g/mol. The molecule has 0 spiro atoms. The van der Waals surface area contributed by atoms with E-state index >= 15 is 0 Å². The molecule has 0 saturated carbocycles. The van der Waals surface area contributed by atoms with Gasteiger partial charge in [0.2, 0.25) is 11.8 Å². The molecule has 2 amide bonds. The van der Waals surface area contributed by atoms with E-state index in [1.165, 1.54) is 6.20 Å². The van der Waals surface area contributed by atoms with Crippen molar-refractivity contribution in [1.29, 1.82) is 0 Å². The lowest BCUT2D eigenvalue weighted by atomic mass is 10.2. The lowest BCUT2D eigenvalue weighted by molar-refractivity contribution is -0.122. The molecule has 7 heteroatoms. The number of hydrogen-bond acceptors (Lipinski definition) is 4. The number of carbonyl (C=O) groups is 2. The van der Waals surface area contributed by atoms with Gasteiger partial charge in [-0.1, -0.05) is 6.92 Å². The van der Waals surface area contributed by atoms with Gasteiger partial charge in [-0.2, -0.15) is 0 Å². The first-order chi connectivity index (χ1) is 9.51. The number of amides is 2. The highest BCUT2D eigenvalue weighted by molar-refractivity contribution is 5.85. The summed E-state index contributed by atoms with van der Waals surface area (Å²) in [5.74, 6) is -0.205. The van der Waals surface area contributed by atoms with E-state index in [0.717, 1.165) is 6.42 Å². The number of hydrogen-bond donors (Lipinski definition) is 3. The van der Waals surface area contributed by atoms with Gasteiger partial charge in [-0.25, -0.2) is 0 Å². The van der Waals surface area contributed by atoms with E-state index < -0.39 is 0 Å². The number of pyridine rings is 1. The third-order valence-electron chi connectivity index (χ3n) is 2.88. The lowest BCUT2D eigenvalue weighted by Gasteiger charge is -2.11. The van der Waals surface area contributed by atoms with E-state index in [4.69, 9.17) is 5.73 Å². The quantitative estimate of drug-likeness (QED) is 0.700. The highest BCUT2D eigenvalue weighted by Gasteiger charge is 2.07. The molecule has 1 aromatic heterocycles. The Morgan fingerprint density at radius 3 is 2.62 bits per heavy atom. The van der Waals surface area contributed by atoms with Gasteiger partial charge in [-0.15, -0.1) is 12.4 Å². The van der Waals surface area contributed by atoms with Gasteiger partial charge in [0.25, 0.3) is 0 Å². The molecule has 0 aliphatic carbocycles. The standard InChI is InChI=1S/C14H22N4O2.ClH/c1-3-10(2)18-13(19)6-7-16-14(20)8-12-5-4-11(15)9-17-12;/h4-5,9-10H,3,6-8,15H2,1-2H3,(H,16,20)(H,18,19);1H. The van der Waals surface area contributed by atoms with Crippen LogP contribution in [0.5, 0.6) is 0 Å². The van der Waals surface area contributed by atoms with Crippen molar-refractivity contribution in [3.05, 3.63) is 24.0 Å². The third kappa shape index (κ3) is 8.14. The van der Waals surface area contributed by atoms with Crippen molar-refractivity contribution in [2.45, 2.75) is 39.2 Å². The van der Waals surface area contributed by atoms with Crippen LogP contribution >= 0.6 is 12.4 Å². The van der Waals surface area contributed by atoms with Crippen LogP contribution in [0.3, 0.4) is 0 Å². The Balaban J connectivity index is 0.00000400. The van der Waals surface area contributed by atoms with Gasteiger partial charge >= 0.3 is 0 Å². The molecule has 6 nitrogen and oxygen atoms in total. The number of carbonyl (C=O) groups excluding carboxylic acids is 2. The molecule has 1 heterocycles. The first-order valence-corrected chi connectivity index (χ1v) is 6.77. The van der Waals surface area contributed by atoms with E-state index in [2.05, 4.69) is 15.6 Å². The van der Waals surface area contributed by atoms with Crippen molar-refractivity contribution in [2.24, 2.45) is 0 Å². The Morgan fingerprint density at radius 1 is 1.33 bits per heavy atom. The summed E-state index contributed by atoms with van der Waals surface area (Å²) in [4.78, 5) is 27.2. The number of nitrogens with zero attached hydrogens (tertiary/aromatic N) is 1. The fourth-order valence-corrected chi connectivity index (χ4v) is 1.53. The summed E-state index contributed by atoms with van der Waals surface area (Å²) in [6.07, 6.45) is 2.88. The molecular formula is C14H23ClN4O2. The SMILES string of the molecule is CCC(C)NC(=O)CCNC(=O)Cc1ccc(N)cn1.Cl. The molecule has 1 aromatic rings. The van der Waals surface area contributed by atoms with Crippen LogP contribution in [-0.2, 0) is 16.0 Å². The molecule has 1 atom stereocenters. The number of anilines is 1. The maximum Gasteiger partial charge on any atom is 0.226 e.